The first kappa shape index (κ1) is 22.2. The smallest absolute Gasteiger partial charge is 0.262 e. The molecule has 1 N–H and O–H groups in total. The summed E-state index contributed by atoms with van der Waals surface area (Å²) < 4.78 is 7.30. The van der Waals surface area contributed by atoms with Gasteiger partial charge >= 0.3 is 0 Å². The highest BCUT2D eigenvalue weighted by Crippen LogP contribution is 2.23. The van der Waals surface area contributed by atoms with Crippen LogP contribution in [0.15, 0.2) is 85.1 Å². The molecule has 3 heterocycles. The fourth-order valence-corrected chi connectivity index (χ4v) is 3.65. The zero-order chi connectivity index (χ0) is 24.2. The summed E-state index contributed by atoms with van der Waals surface area (Å²) in [7, 11) is 0. The van der Waals surface area contributed by atoms with Crippen LogP contribution in [0, 0.1) is 0 Å². The van der Waals surface area contributed by atoms with Crippen LogP contribution in [0.4, 0.5) is 5.69 Å². The highest BCUT2D eigenvalue weighted by molar-refractivity contribution is 5.92. The number of pyridine rings is 1. The summed E-state index contributed by atoms with van der Waals surface area (Å²) in [5.41, 5.74) is 4.75. The number of anilines is 1. The molecule has 0 saturated heterocycles. The largest absolute Gasteiger partial charge is 0.484 e. The molecule has 0 fully saturated rings. The van der Waals surface area contributed by atoms with E-state index in [1.54, 1.807) is 10.7 Å². The van der Waals surface area contributed by atoms with Crippen molar-refractivity contribution in [2.45, 2.75) is 19.8 Å². The van der Waals surface area contributed by atoms with Crippen LogP contribution in [0.25, 0.3) is 28.4 Å². The highest BCUT2D eigenvalue weighted by Gasteiger charge is 2.12. The SMILES string of the molecule is CC(C)c1ccc(OCC(=O)Nc2cccc(-c3ccc4nnc(-c5ccccn5)n4n3)c2)cc1. The first-order chi connectivity index (χ1) is 17.1. The van der Waals surface area contributed by atoms with Crippen molar-refractivity contribution in [2.75, 3.05) is 11.9 Å². The third-order valence-corrected chi connectivity index (χ3v) is 5.52. The molecule has 0 aliphatic rings. The number of nitrogens with zero attached hydrogens (tertiary/aromatic N) is 5. The monoisotopic (exact) mass is 464 g/mol. The van der Waals surface area contributed by atoms with Crippen molar-refractivity contribution in [3.8, 4) is 28.5 Å². The fourth-order valence-electron chi connectivity index (χ4n) is 3.65. The van der Waals surface area contributed by atoms with Crippen molar-refractivity contribution in [1.82, 2.24) is 24.8 Å². The second-order valence-corrected chi connectivity index (χ2v) is 8.37. The Kier molecular flexibility index (Phi) is 6.17. The van der Waals surface area contributed by atoms with Gasteiger partial charge in [0.05, 0.1) is 5.69 Å². The van der Waals surface area contributed by atoms with Gasteiger partial charge in [-0.25, -0.2) is 0 Å². The predicted octanol–water partition coefficient (Wildman–Crippen LogP) is 4.99. The van der Waals surface area contributed by atoms with E-state index in [-0.39, 0.29) is 12.5 Å². The molecule has 0 spiro atoms. The minimum Gasteiger partial charge on any atom is -0.484 e. The summed E-state index contributed by atoms with van der Waals surface area (Å²) in [6.07, 6.45) is 1.71. The van der Waals surface area contributed by atoms with Crippen molar-refractivity contribution < 1.29 is 9.53 Å². The topological polar surface area (TPSA) is 94.3 Å². The summed E-state index contributed by atoms with van der Waals surface area (Å²) in [5.74, 6) is 1.43. The van der Waals surface area contributed by atoms with Crippen LogP contribution >= 0.6 is 0 Å². The standard InChI is InChI=1S/C27H24N6O2/c1-18(2)19-9-11-22(12-10-19)35-17-26(34)29-21-7-5-6-20(16-21)23-13-14-25-30-31-27(33(25)32-23)24-8-3-4-15-28-24/h3-16,18H,17H2,1-2H3,(H,29,34). The number of amides is 1. The molecule has 0 bridgehead atoms. The van der Waals surface area contributed by atoms with Gasteiger partial charge in [0.2, 0.25) is 5.82 Å². The summed E-state index contributed by atoms with van der Waals surface area (Å²) in [6, 6.07) is 24.6. The molecule has 8 nitrogen and oxygen atoms in total. The maximum atomic E-state index is 12.5. The second-order valence-electron chi connectivity index (χ2n) is 8.37. The molecule has 35 heavy (non-hydrogen) atoms. The van der Waals surface area contributed by atoms with Gasteiger partial charge in [-0.1, -0.05) is 44.2 Å². The number of carbonyl (C=O) groups is 1. The molecule has 0 unspecified atom stereocenters. The van der Waals surface area contributed by atoms with E-state index in [1.165, 1.54) is 5.56 Å². The quantitative estimate of drug-likeness (QED) is 0.365. The van der Waals surface area contributed by atoms with E-state index >= 15 is 0 Å². The molecule has 174 valence electrons. The van der Waals surface area contributed by atoms with Crippen LogP contribution in [0.2, 0.25) is 0 Å². The van der Waals surface area contributed by atoms with Gasteiger partial charge in [0, 0.05) is 17.4 Å². The zero-order valence-corrected chi connectivity index (χ0v) is 19.4. The van der Waals surface area contributed by atoms with Crippen LogP contribution in [0.3, 0.4) is 0 Å². The lowest BCUT2D eigenvalue weighted by Crippen LogP contribution is -2.20. The molecule has 3 aromatic heterocycles. The van der Waals surface area contributed by atoms with Crippen LogP contribution in [-0.4, -0.2) is 37.3 Å². The Hall–Kier alpha value is -4.59. The molecule has 5 aromatic rings. The highest BCUT2D eigenvalue weighted by atomic mass is 16.5. The molecule has 0 radical (unpaired) electrons. The van der Waals surface area contributed by atoms with E-state index in [4.69, 9.17) is 9.84 Å². The molecule has 0 saturated carbocycles. The van der Waals surface area contributed by atoms with Gasteiger partial charge in [-0.05, 0) is 60.0 Å². The third kappa shape index (κ3) is 5.01. The van der Waals surface area contributed by atoms with Gasteiger partial charge in [0.25, 0.3) is 5.91 Å². The maximum Gasteiger partial charge on any atom is 0.262 e. The van der Waals surface area contributed by atoms with Crippen molar-refractivity contribution in [1.29, 1.82) is 0 Å². The van der Waals surface area contributed by atoms with Gasteiger partial charge in [0.1, 0.15) is 11.4 Å². The Balaban J connectivity index is 1.30. The van der Waals surface area contributed by atoms with Crippen molar-refractivity contribution in [3.05, 3.63) is 90.6 Å². The van der Waals surface area contributed by atoms with Crippen molar-refractivity contribution in [3.63, 3.8) is 0 Å². The van der Waals surface area contributed by atoms with Crippen molar-refractivity contribution in [2.24, 2.45) is 0 Å². The Morgan fingerprint density at radius 2 is 1.80 bits per heavy atom. The first-order valence-corrected chi connectivity index (χ1v) is 11.3. The summed E-state index contributed by atoms with van der Waals surface area (Å²) in [5, 5.41) is 16.0. The molecule has 0 atom stereocenters. The minimum atomic E-state index is -0.241. The van der Waals surface area contributed by atoms with Crippen LogP contribution in [0.5, 0.6) is 5.75 Å². The lowest BCUT2D eigenvalue weighted by atomic mass is 10.0. The first-order valence-electron chi connectivity index (χ1n) is 11.3. The number of benzene rings is 2. The predicted molar refractivity (Wildman–Crippen MR) is 134 cm³/mol. The van der Waals surface area contributed by atoms with Crippen molar-refractivity contribution >= 4 is 17.2 Å². The lowest BCUT2D eigenvalue weighted by Gasteiger charge is -2.10. The number of carbonyl (C=O) groups excluding carboxylic acids is 1. The zero-order valence-electron chi connectivity index (χ0n) is 19.4. The average molecular weight is 465 g/mol. The summed E-state index contributed by atoms with van der Waals surface area (Å²) in [4.78, 5) is 16.8. The number of fused-ring (bicyclic) bond motifs is 1. The number of nitrogens with one attached hydrogen (secondary N) is 1. The molecule has 0 aliphatic heterocycles. The van der Waals surface area contributed by atoms with E-state index in [9.17, 15) is 4.79 Å². The second kappa shape index (κ2) is 9.72. The third-order valence-electron chi connectivity index (χ3n) is 5.52. The van der Waals surface area contributed by atoms with Crippen LogP contribution in [-0.2, 0) is 4.79 Å². The average Bonchev–Trinajstić information content (AvgIpc) is 3.32. The van der Waals surface area contributed by atoms with E-state index < -0.39 is 0 Å². The number of aromatic nitrogens is 5. The molecular weight excluding hydrogens is 440 g/mol. The van der Waals surface area contributed by atoms with Crippen LogP contribution in [0.1, 0.15) is 25.3 Å². The van der Waals surface area contributed by atoms with E-state index in [1.807, 2.05) is 78.9 Å². The van der Waals surface area contributed by atoms with Gasteiger partial charge in [0.15, 0.2) is 12.3 Å². The maximum absolute atomic E-state index is 12.5. The van der Waals surface area contributed by atoms with Gasteiger partial charge in [-0.2, -0.15) is 9.61 Å². The molecule has 1 amide bonds. The number of rotatable bonds is 7. The number of hydrogen-bond donors (Lipinski definition) is 1. The minimum absolute atomic E-state index is 0.0798. The fraction of sp³-hybridized carbons (Fsp3) is 0.148. The van der Waals surface area contributed by atoms with Gasteiger partial charge in [-0.15, -0.1) is 10.2 Å². The van der Waals surface area contributed by atoms with E-state index in [0.717, 1.165) is 5.56 Å². The normalized spacial score (nSPS) is 11.1. The van der Waals surface area contributed by atoms with Gasteiger partial charge in [-0.3, -0.25) is 9.78 Å². The molecule has 8 heteroatoms. The van der Waals surface area contributed by atoms with Gasteiger partial charge < -0.3 is 10.1 Å². The van der Waals surface area contributed by atoms with E-state index in [0.29, 0.717) is 40.2 Å². The number of hydrogen-bond acceptors (Lipinski definition) is 6. The number of ether oxygens (including phenoxy) is 1. The molecule has 5 rings (SSSR count). The molecular formula is C27H24N6O2. The van der Waals surface area contributed by atoms with E-state index in [2.05, 4.69) is 34.3 Å². The molecule has 2 aromatic carbocycles. The van der Waals surface area contributed by atoms with Crippen LogP contribution < -0.4 is 10.1 Å². The summed E-state index contributed by atoms with van der Waals surface area (Å²) in [6.45, 7) is 4.19. The Morgan fingerprint density at radius 3 is 2.57 bits per heavy atom. The molecule has 0 aliphatic carbocycles. The Morgan fingerprint density at radius 1 is 0.943 bits per heavy atom. The summed E-state index contributed by atoms with van der Waals surface area (Å²) >= 11 is 0. The lowest BCUT2D eigenvalue weighted by molar-refractivity contribution is -0.118. The Labute approximate surface area is 202 Å². The Bertz CT molecular complexity index is 1460.